The Morgan fingerprint density at radius 2 is 2.03 bits per heavy atom. The van der Waals surface area contributed by atoms with Gasteiger partial charge in [0.05, 0.1) is 12.7 Å². The average Bonchev–Trinajstić information content (AvgIpc) is 3.46. The topological polar surface area (TPSA) is 84.6 Å². The first-order valence-electron chi connectivity index (χ1n) is 10.6. The Kier molecular flexibility index (Phi) is 5.51. The van der Waals surface area contributed by atoms with Gasteiger partial charge in [0.2, 0.25) is 0 Å². The van der Waals surface area contributed by atoms with E-state index in [0.29, 0.717) is 11.3 Å². The molecule has 32 heavy (non-hydrogen) atoms. The van der Waals surface area contributed by atoms with Crippen molar-refractivity contribution < 1.29 is 9.53 Å². The van der Waals surface area contributed by atoms with E-state index in [-0.39, 0.29) is 11.8 Å². The molecule has 5 rings (SSSR count). The summed E-state index contributed by atoms with van der Waals surface area (Å²) in [7, 11) is 1.61. The SMILES string of the molecule is COc1ccc(NC(=O)c2ccc3nnc(C4CCN(Cc5cccnc5)C4)n3c2)cc1. The van der Waals surface area contributed by atoms with Crippen molar-refractivity contribution in [1.82, 2.24) is 24.5 Å². The van der Waals surface area contributed by atoms with E-state index >= 15 is 0 Å². The molecule has 1 N–H and O–H groups in total. The van der Waals surface area contributed by atoms with Gasteiger partial charge in [-0.1, -0.05) is 6.07 Å². The fourth-order valence-electron chi connectivity index (χ4n) is 4.14. The molecule has 3 aromatic heterocycles. The molecular weight excluding hydrogens is 404 g/mol. The van der Waals surface area contributed by atoms with Crippen LogP contribution in [0.15, 0.2) is 67.1 Å². The zero-order chi connectivity index (χ0) is 21.9. The number of ether oxygens (including phenoxy) is 1. The third-order valence-corrected chi connectivity index (χ3v) is 5.81. The van der Waals surface area contributed by atoms with Crippen LogP contribution in [-0.4, -0.2) is 50.6 Å². The lowest BCUT2D eigenvalue weighted by Gasteiger charge is -2.15. The maximum absolute atomic E-state index is 12.8. The van der Waals surface area contributed by atoms with Gasteiger partial charge in [0, 0.05) is 43.3 Å². The van der Waals surface area contributed by atoms with E-state index < -0.39 is 0 Å². The minimum atomic E-state index is -0.179. The Morgan fingerprint density at radius 1 is 1.16 bits per heavy atom. The average molecular weight is 428 g/mol. The third kappa shape index (κ3) is 4.17. The second-order valence-corrected chi connectivity index (χ2v) is 7.97. The molecule has 1 amide bonds. The summed E-state index contributed by atoms with van der Waals surface area (Å²) in [5, 5.41) is 11.7. The fourth-order valence-corrected chi connectivity index (χ4v) is 4.14. The van der Waals surface area contributed by atoms with E-state index in [1.807, 2.05) is 53.2 Å². The van der Waals surface area contributed by atoms with Crippen molar-refractivity contribution in [1.29, 1.82) is 0 Å². The van der Waals surface area contributed by atoms with Gasteiger partial charge in [0.1, 0.15) is 11.6 Å². The fraction of sp³-hybridized carbons (Fsp3) is 0.250. The number of amides is 1. The minimum Gasteiger partial charge on any atom is -0.497 e. The lowest BCUT2D eigenvalue weighted by Crippen LogP contribution is -2.20. The van der Waals surface area contributed by atoms with E-state index in [1.165, 1.54) is 5.56 Å². The van der Waals surface area contributed by atoms with Gasteiger partial charge in [0.25, 0.3) is 5.91 Å². The quantitative estimate of drug-likeness (QED) is 0.507. The number of hydrogen-bond acceptors (Lipinski definition) is 6. The van der Waals surface area contributed by atoms with Crippen LogP contribution in [0, 0.1) is 0 Å². The summed E-state index contributed by atoms with van der Waals surface area (Å²) >= 11 is 0. The zero-order valence-corrected chi connectivity index (χ0v) is 17.8. The van der Waals surface area contributed by atoms with Gasteiger partial charge in [-0.25, -0.2) is 0 Å². The van der Waals surface area contributed by atoms with E-state index in [4.69, 9.17) is 4.74 Å². The lowest BCUT2D eigenvalue weighted by molar-refractivity contribution is 0.102. The Balaban J connectivity index is 1.32. The van der Waals surface area contributed by atoms with Crippen molar-refractivity contribution in [2.24, 2.45) is 0 Å². The maximum Gasteiger partial charge on any atom is 0.257 e. The highest BCUT2D eigenvalue weighted by molar-refractivity contribution is 6.04. The van der Waals surface area contributed by atoms with Crippen LogP contribution in [-0.2, 0) is 6.54 Å². The molecule has 1 aromatic carbocycles. The molecule has 4 aromatic rings. The monoisotopic (exact) mass is 428 g/mol. The van der Waals surface area contributed by atoms with Gasteiger partial charge in [-0.2, -0.15) is 0 Å². The number of benzene rings is 1. The first-order chi connectivity index (χ1) is 15.7. The van der Waals surface area contributed by atoms with Crippen LogP contribution in [0.3, 0.4) is 0 Å². The zero-order valence-electron chi connectivity index (χ0n) is 17.8. The van der Waals surface area contributed by atoms with Crippen LogP contribution in [0.5, 0.6) is 5.75 Å². The van der Waals surface area contributed by atoms with Crippen molar-refractivity contribution in [3.63, 3.8) is 0 Å². The number of nitrogens with one attached hydrogen (secondary N) is 1. The summed E-state index contributed by atoms with van der Waals surface area (Å²) in [6, 6.07) is 14.9. The Hall–Kier alpha value is -3.78. The van der Waals surface area contributed by atoms with Crippen molar-refractivity contribution in [2.75, 3.05) is 25.5 Å². The standard InChI is InChI=1S/C24H24N6O2/c1-32-21-7-5-20(6-8-21)26-24(31)19-4-9-22-27-28-23(30(22)16-19)18-10-12-29(15-18)14-17-3-2-11-25-13-17/h2-9,11,13,16,18H,10,12,14-15H2,1H3,(H,26,31). The van der Waals surface area contributed by atoms with Crippen molar-refractivity contribution in [3.05, 3.63) is 84.1 Å². The van der Waals surface area contributed by atoms with Crippen molar-refractivity contribution in [3.8, 4) is 5.75 Å². The highest BCUT2D eigenvalue weighted by Gasteiger charge is 2.28. The predicted octanol–water partition coefficient (Wildman–Crippen LogP) is 3.37. The molecule has 0 spiro atoms. The Bertz CT molecular complexity index is 1220. The molecule has 1 fully saturated rings. The van der Waals surface area contributed by atoms with Gasteiger partial charge in [-0.3, -0.25) is 19.1 Å². The van der Waals surface area contributed by atoms with Gasteiger partial charge < -0.3 is 10.1 Å². The lowest BCUT2D eigenvalue weighted by atomic mass is 10.1. The minimum absolute atomic E-state index is 0.179. The number of anilines is 1. The first kappa shape index (κ1) is 20.1. The summed E-state index contributed by atoms with van der Waals surface area (Å²) in [5.74, 6) is 1.73. The molecule has 1 saturated heterocycles. The predicted molar refractivity (Wildman–Crippen MR) is 121 cm³/mol. The van der Waals surface area contributed by atoms with E-state index in [9.17, 15) is 4.79 Å². The molecular formula is C24H24N6O2. The second kappa shape index (κ2) is 8.76. The number of fused-ring (bicyclic) bond motifs is 1. The van der Waals surface area contributed by atoms with Crippen LogP contribution in [0.1, 0.15) is 34.1 Å². The van der Waals surface area contributed by atoms with E-state index in [0.717, 1.165) is 43.3 Å². The van der Waals surface area contributed by atoms with Gasteiger partial charge in [-0.15, -0.1) is 10.2 Å². The summed E-state index contributed by atoms with van der Waals surface area (Å²) in [6.45, 7) is 2.76. The molecule has 4 heterocycles. The van der Waals surface area contributed by atoms with Gasteiger partial charge in [0.15, 0.2) is 5.65 Å². The Labute approximate surface area is 185 Å². The molecule has 1 aliphatic heterocycles. The molecule has 1 unspecified atom stereocenters. The molecule has 0 aliphatic carbocycles. The van der Waals surface area contributed by atoms with Crippen molar-refractivity contribution >= 4 is 17.2 Å². The largest absolute Gasteiger partial charge is 0.497 e. The van der Waals surface area contributed by atoms with Crippen LogP contribution in [0.4, 0.5) is 5.69 Å². The molecule has 1 aliphatic rings. The Morgan fingerprint density at radius 3 is 2.81 bits per heavy atom. The number of rotatable bonds is 6. The summed E-state index contributed by atoms with van der Waals surface area (Å²) < 4.78 is 7.11. The number of hydrogen-bond donors (Lipinski definition) is 1. The smallest absolute Gasteiger partial charge is 0.257 e. The highest BCUT2D eigenvalue weighted by atomic mass is 16.5. The molecule has 162 valence electrons. The molecule has 8 heteroatoms. The van der Waals surface area contributed by atoms with E-state index in [1.54, 1.807) is 19.4 Å². The summed E-state index contributed by atoms with van der Waals surface area (Å²) in [4.78, 5) is 19.4. The van der Waals surface area contributed by atoms with E-state index in [2.05, 4.69) is 31.5 Å². The highest BCUT2D eigenvalue weighted by Crippen LogP contribution is 2.27. The number of likely N-dealkylation sites (tertiary alicyclic amines) is 1. The van der Waals surface area contributed by atoms with Crippen LogP contribution in [0.2, 0.25) is 0 Å². The number of carbonyl (C=O) groups excluding carboxylic acids is 1. The molecule has 0 bridgehead atoms. The van der Waals surface area contributed by atoms with Gasteiger partial charge >= 0.3 is 0 Å². The van der Waals surface area contributed by atoms with Gasteiger partial charge in [-0.05, 0) is 61.0 Å². The molecule has 0 radical (unpaired) electrons. The number of pyridine rings is 2. The molecule has 1 atom stereocenters. The molecule has 0 saturated carbocycles. The number of nitrogens with zero attached hydrogens (tertiary/aromatic N) is 5. The summed E-state index contributed by atoms with van der Waals surface area (Å²) in [6.07, 6.45) is 6.53. The number of carbonyl (C=O) groups is 1. The molecule has 8 nitrogen and oxygen atoms in total. The number of aromatic nitrogens is 4. The third-order valence-electron chi connectivity index (χ3n) is 5.81. The summed E-state index contributed by atoms with van der Waals surface area (Å²) in [5.41, 5.74) is 3.21. The van der Waals surface area contributed by atoms with Crippen LogP contribution in [0.25, 0.3) is 5.65 Å². The maximum atomic E-state index is 12.8. The second-order valence-electron chi connectivity index (χ2n) is 7.97. The number of methoxy groups -OCH3 is 1. The van der Waals surface area contributed by atoms with Crippen LogP contribution >= 0.6 is 0 Å². The van der Waals surface area contributed by atoms with Crippen molar-refractivity contribution in [2.45, 2.75) is 18.9 Å². The first-order valence-corrected chi connectivity index (χ1v) is 10.6. The van der Waals surface area contributed by atoms with Crippen LogP contribution < -0.4 is 10.1 Å². The normalized spacial score (nSPS) is 16.3.